The van der Waals surface area contributed by atoms with Gasteiger partial charge in [0.05, 0.1) is 38.9 Å². The van der Waals surface area contributed by atoms with E-state index in [1.54, 1.807) is 0 Å². The fourth-order valence-corrected chi connectivity index (χ4v) is 9.69. The van der Waals surface area contributed by atoms with Crippen LogP contribution in [0.15, 0.2) is 211 Å². The van der Waals surface area contributed by atoms with Crippen molar-refractivity contribution in [2.75, 3.05) is 0 Å². The summed E-state index contributed by atoms with van der Waals surface area (Å²) in [6.45, 7) is 0. The number of nitrogens with zero attached hydrogens (tertiary/aromatic N) is 6. The minimum absolute atomic E-state index is 0.448. The molecule has 4 heterocycles. The van der Waals surface area contributed by atoms with Crippen LogP contribution in [0.2, 0.25) is 0 Å². The van der Waals surface area contributed by atoms with Gasteiger partial charge in [-0.15, -0.1) is 0 Å². The largest absolute Gasteiger partial charge is 0.455 e. The summed E-state index contributed by atoms with van der Waals surface area (Å²) >= 11 is 0. The van der Waals surface area contributed by atoms with E-state index in [0.29, 0.717) is 34.2 Å². The first-order chi connectivity index (χ1) is 32.2. The van der Waals surface area contributed by atoms with Crippen LogP contribution in [-0.4, -0.2) is 24.1 Å². The lowest BCUT2D eigenvalue weighted by molar-refractivity contribution is 0.669. The zero-order valence-electron chi connectivity index (χ0n) is 34.7. The number of aromatic nitrogens is 5. The Morgan fingerprint density at radius 3 is 1.80 bits per heavy atom. The van der Waals surface area contributed by atoms with Crippen molar-refractivity contribution >= 4 is 65.6 Å². The molecule has 7 nitrogen and oxygen atoms in total. The summed E-state index contributed by atoms with van der Waals surface area (Å²) in [5.41, 5.74) is 12.6. The highest BCUT2D eigenvalue weighted by Gasteiger charge is 2.23. The highest BCUT2D eigenvalue weighted by molar-refractivity contribution is 6.26. The maximum Gasteiger partial charge on any atom is 0.167 e. The SMILES string of the molecule is N#Cc1cc(-c2nc(-c3ccc(-c4ccccc4)cc3)nc(-c3cccc4c3oc3ccccc34)n2)ccc1-n1c2ccccc2c2ccc3c(c4ccccc4n3-c3ccccc3)c21. The monoisotopic (exact) mass is 830 g/mol. The van der Waals surface area contributed by atoms with Gasteiger partial charge in [0.15, 0.2) is 17.5 Å². The highest BCUT2D eigenvalue weighted by Crippen LogP contribution is 2.43. The Kier molecular flexibility index (Phi) is 8.14. The van der Waals surface area contributed by atoms with Crippen LogP contribution in [0.1, 0.15) is 5.56 Å². The molecule has 0 bridgehead atoms. The fraction of sp³-hybridized carbons (Fsp3) is 0. The third-order valence-corrected chi connectivity index (χ3v) is 12.6. The second kappa shape index (κ2) is 14.5. The van der Waals surface area contributed by atoms with Crippen LogP contribution in [0, 0.1) is 11.3 Å². The van der Waals surface area contributed by atoms with Crippen molar-refractivity contribution in [3.63, 3.8) is 0 Å². The van der Waals surface area contributed by atoms with Crippen molar-refractivity contribution in [3.05, 3.63) is 212 Å². The van der Waals surface area contributed by atoms with Gasteiger partial charge in [-0.3, -0.25) is 0 Å². The molecule has 0 radical (unpaired) electrons. The normalized spacial score (nSPS) is 11.7. The van der Waals surface area contributed by atoms with E-state index in [-0.39, 0.29) is 0 Å². The molecule has 0 atom stereocenters. The van der Waals surface area contributed by atoms with Gasteiger partial charge in [0.25, 0.3) is 0 Å². The maximum absolute atomic E-state index is 11.1. The molecule has 0 aliphatic rings. The van der Waals surface area contributed by atoms with Gasteiger partial charge in [-0.2, -0.15) is 5.26 Å². The molecule has 0 amide bonds. The minimum atomic E-state index is 0.448. The molecule has 0 spiro atoms. The number of hydrogen-bond donors (Lipinski definition) is 0. The Bertz CT molecular complexity index is 4060. The minimum Gasteiger partial charge on any atom is -0.455 e. The molecule has 13 rings (SSSR count). The van der Waals surface area contributed by atoms with Crippen molar-refractivity contribution in [2.24, 2.45) is 0 Å². The molecule has 4 aromatic heterocycles. The van der Waals surface area contributed by atoms with Crippen molar-refractivity contribution in [2.45, 2.75) is 0 Å². The first kappa shape index (κ1) is 36.5. The van der Waals surface area contributed by atoms with E-state index < -0.39 is 0 Å². The van der Waals surface area contributed by atoms with E-state index >= 15 is 0 Å². The van der Waals surface area contributed by atoms with Gasteiger partial charge < -0.3 is 13.6 Å². The fourth-order valence-electron chi connectivity index (χ4n) is 9.69. The van der Waals surface area contributed by atoms with Gasteiger partial charge in [-0.05, 0) is 71.8 Å². The highest BCUT2D eigenvalue weighted by atomic mass is 16.3. The maximum atomic E-state index is 11.1. The zero-order chi connectivity index (χ0) is 43.0. The molecule has 65 heavy (non-hydrogen) atoms. The number of hydrogen-bond acceptors (Lipinski definition) is 5. The van der Waals surface area contributed by atoms with Crippen molar-refractivity contribution < 1.29 is 4.42 Å². The van der Waals surface area contributed by atoms with E-state index in [1.807, 2.05) is 72.8 Å². The summed E-state index contributed by atoms with van der Waals surface area (Å²) < 4.78 is 11.1. The summed E-state index contributed by atoms with van der Waals surface area (Å²) in [6, 6.07) is 73.2. The van der Waals surface area contributed by atoms with Gasteiger partial charge in [0, 0.05) is 49.1 Å². The van der Waals surface area contributed by atoms with Crippen molar-refractivity contribution in [1.29, 1.82) is 5.26 Å². The number of para-hydroxylation sites is 5. The number of nitriles is 1. The van der Waals surface area contributed by atoms with E-state index in [2.05, 4.69) is 149 Å². The van der Waals surface area contributed by atoms with Crippen LogP contribution in [0.4, 0.5) is 0 Å². The molecule has 302 valence electrons. The Balaban J connectivity index is 1.03. The van der Waals surface area contributed by atoms with Crippen LogP contribution in [-0.2, 0) is 0 Å². The topological polar surface area (TPSA) is 85.5 Å². The lowest BCUT2D eigenvalue weighted by atomic mass is 10.0. The first-order valence-corrected chi connectivity index (χ1v) is 21.6. The molecule has 0 saturated heterocycles. The van der Waals surface area contributed by atoms with Gasteiger partial charge >= 0.3 is 0 Å². The summed E-state index contributed by atoms with van der Waals surface area (Å²) in [5.74, 6) is 1.44. The van der Waals surface area contributed by atoms with Gasteiger partial charge in [-0.25, -0.2) is 15.0 Å². The molecule has 0 aliphatic carbocycles. The second-order valence-corrected chi connectivity index (χ2v) is 16.3. The molecule has 13 aromatic rings. The van der Waals surface area contributed by atoms with Crippen LogP contribution >= 0.6 is 0 Å². The lowest BCUT2D eigenvalue weighted by Crippen LogP contribution is -2.02. The van der Waals surface area contributed by atoms with E-state index in [9.17, 15) is 5.26 Å². The van der Waals surface area contributed by atoms with Crippen LogP contribution in [0.25, 0.3) is 122 Å². The predicted molar refractivity (Wildman–Crippen MR) is 262 cm³/mol. The van der Waals surface area contributed by atoms with E-state index in [0.717, 1.165) is 93.6 Å². The molecular formula is C58H34N6O. The quantitative estimate of drug-likeness (QED) is 0.167. The van der Waals surface area contributed by atoms with E-state index in [4.69, 9.17) is 19.4 Å². The molecule has 0 N–H and O–H groups in total. The smallest absolute Gasteiger partial charge is 0.167 e. The Morgan fingerprint density at radius 2 is 1.02 bits per heavy atom. The average Bonchev–Trinajstić information content (AvgIpc) is 4.04. The van der Waals surface area contributed by atoms with Crippen molar-refractivity contribution in [1.82, 2.24) is 24.1 Å². The number of benzene rings is 9. The van der Waals surface area contributed by atoms with Gasteiger partial charge in [0.1, 0.15) is 17.2 Å². The third-order valence-electron chi connectivity index (χ3n) is 12.6. The molecule has 0 fully saturated rings. The van der Waals surface area contributed by atoms with Crippen LogP contribution in [0.3, 0.4) is 0 Å². The first-order valence-electron chi connectivity index (χ1n) is 21.6. The number of rotatable bonds is 6. The molecule has 7 heteroatoms. The average molecular weight is 831 g/mol. The summed E-state index contributed by atoms with van der Waals surface area (Å²) in [4.78, 5) is 15.4. The molecule has 0 saturated carbocycles. The van der Waals surface area contributed by atoms with Crippen molar-refractivity contribution in [3.8, 4) is 62.7 Å². The molecule has 9 aromatic carbocycles. The lowest BCUT2D eigenvalue weighted by Gasteiger charge is -2.13. The van der Waals surface area contributed by atoms with Crippen LogP contribution < -0.4 is 0 Å². The molecular weight excluding hydrogens is 797 g/mol. The predicted octanol–water partition coefficient (Wildman–Crippen LogP) is 14.5. The summed E-state index contributed by atoms with van der Waals surface area (Å²) in [6.07, 6.45) is 0. The number of fused-ring (bicyclic) bond motifs is 10. The Hall–Kier alpha value is -9.12. The Labute approximate surface area is 372 Å². The zero-order valence-corrected chi connectivity index (χ0v) is 34.7. The van der Waals surface area contributed by atoms with Crippen LogP contribution in [0.5, 0.6) is 0 Å². The standard InChI is InChI=1S/C58H34N6O/c59-35-40-34-39(30-32-48(40)64-49-23-10-7-18-42(49)44-31-33-51-53(54(44)64)46-20-8-11-24-50(46)63(51)41-16-5-2-6-17-41)57-60-56(38-28-26-37(27-29-38)36-14-3-1-4-15-36)61-58(62-57)47-22-13-21-45-43-19-9-12-25-52(43)65-55(45)47/h1-34H. The molecule has 0 aliphatic heterocycles. The summed E-state index contributed by atoms with van der Waals surface area (Å²) in [5, 5.41) is 17.6. The number of furan rings is 1. The second-order valence-electron chi connectivity index (χ2n) is 16.3. The third kappa shape index (κ3) is 5.71. The summed E-state index contributed by atoms with van der Waals surface area (Å²) in [7, 11) is 0. The van der Waals surface area contributed by atoms with E-state index in [1.165, 1.54) is 0 Å². The van der Waals surface area contributed by atoms with Gasteiger partial charge in [-0.1, -0.05) is 146 Å². The van der Waals surface area contributed by atoms with Gasteiger partial charge in [0.2, 0.25) is 0 Å². The molecule has 0 unspecified atom stereocenters. The Morgan fingerprint density at radius 1 is 0.415 bits per heavy atom.